The molecule has 0 aliphatic rings. The summed E-state index contributed by atoms with van der Waals surface area (Å²) in [6.07, 6.45) is 1.62. The summed E-state index contributed by atoms with van der Waals surface area (Å²) in [6, 6.07) is 5.81. The van der Waals surface area contributed by atoms with Crippen LogP contribution in [0.5, 0.6) is 0 Å². The molecular weight excluding hydrogens is 279 g/mol. The molecule has 0 aliphatic heterocycles. The Kier molecular flexibility index (Phi) is 4.73. The lowest BCUT2D eigenvalue weighted by atomic mass is 10.3. The van der Waals surface area contributed by atoms with E-state index in [1.165, 1.54) is 23.9 Å². The molecule has 0 saturated heterocycles. The van der Waals surface area contributed by atoms with Crippen molar-refractivity contribution in [1.29, 1.82) is 0 Å². The van der Waals surface area contributed by atoms with Crippen molar-refractivity contribution in [2.45, 2.75) is 30.8 Å². The van der Waals surface area contributed by atoms with Crippen LogP contribution >= 0.6 is 11.8 Å². The van der Waals surface area contributed by atoms with Gasteiger partial charge in [0.2, 0.25) is 5.91 Å². The van der Waals surface area contributed by atoms with Crippen molar-refractivity contribution in [3.8, 4) is 0 Å². The summed E-state index contributed by atoms with van der Waals surface area (Å²) >= 11 is 1.32. The molecule has 1 amide bonds. The van der Waals surface area contributed by atoms with E-state index < -0.39 is 0 Å². The fourth-order valence-electron chi connectivity index (χ4n) is 1.57. The maximum absolute atomic E-state index is 13.0. The average Bonchev–Trinajstić information content (AvgIpc) is 2.85. The van der Waals surface area contributed by atoms with E-state index in [4.69, 9.17) is 0 Å². The molecule has 1 heterocycles. The van der Waals surface area contributed by atoms with Gasteiger partial charge in [-0.1, -0.05) is 17.8 Å². The molecule has 1 aromatic heterocycles. The van der Waals surface area contributed by atoms with Crippen LogP contribution in [-0.4, -0.2) is 25.9 Å². The van der Waals surface area contributed by atoms with Crippen LogP contribution in [0.2, 0.25) is 0 Å². The number of carbonyl (C=O) groups is 1. The van der Waals surface area contributed by atoms with Crippen molar-refractivity contribution in [2.24, 2.45) is 0 Å². The van der Waals surface area contributed by atoms with Gasteiger partial charge >= 0.3 is 0 Å². The number of halogens is 1. The van der Waals surface area contributed by atoms with Gasteiger partial charge in [0.1, 0.15) is 12.1 Å². The van der Waals surface area contributed by atoms with Gasteiger partial charge in [-0.05, 0) is 32.0 Å². The number of aryl methyl sites for hydroxylation is 1. The van der Waals surface area contributed by atoms with Crippen LogP contribution < -0.4 is 5.32 Å². The van der Waals surface area contributed by atoms with E-state index in [0.29, 0.717) is 10.8 Å². The van der Waals surface area contributed by atoms with Gasteiger partial charge in [-0.2, -0.15) is 0 Å². The lowest BCUT2D eigenvalue weighted by Crippen LogP contribution is -2.22. The minimum absolute atomic E-state index is 0.203. The lowest BCUT2D eigenvalue weighted by molar-refractivity contribution is -0.115. The summed E-state index contributed by atoms with van der Waals surface area (Å²) < 4.78 is 14.9. The van der Waals surface area contributed by atoms with E-state index in [9.17, 15) is 9.18 Å². The number of hydrogen-bond acceptors (Lipinski definition) is 4. The molecule has 0 aliphatic carbocycles. The van der Waals surface area contributed by atoms with E-state index in [1.807, 2.05) is 11.5 Å². The van der Waals surface area contributed by atoms with E-state index in [1.54, 1.807) is 25.4 Å². The predicted octanol–water partition coefficient (Wildman–Crippen LogP) is 2.56. The number of hydrogen-bond donors (Lipinski definition) is 1. The zero-order valence-corrected chi connectivity index (χ0v) is 12.0. The maximum atomic E-state index is 13.0. The van der Waals surface area contributed by atoms with Crippen molar-refractivity contribution < 1.29 is 9.18 Å². The second-order valence-corrected chi connectivity index (χ2v) is 5.47. The Balaban J connectivity index is 1.99. The Labute approximate surface area is 120 Å². The highest BCUT2D eigenvalue weighted by Gasteiger charge is 2.17. The van der Waals surface area contributed by atoms with Gasteiger partial charge in [-0.25, -0.2) is 4.39 Å². The molecule has 5 nitrogen and oxygen atoms in total. The molecule has 0 saturated carbocycles. The maximum Gasteiger partial charge on any atom is 0.237 e. The third-order valence-corrected chi connectivity index (χ3v) is 3.76. The number of nitrogens with zero attached hydrogens (tertiary/aromatic N) is 3. The van der Waals surface area contributed by atoms with Crippen molar-refractivity contribution >= 4 is 23.4 Å². The number of benzene rings is 1. The van der Waals surface area contributed by atoms with Crippen LogP contribution in [0.15, 0.2) is 35.7 Å². The van der Waals surface area contributed by atoms with Crippen molar-refractivity contribution in [3.05, 3.63) is 36.4 Å². The summed E-state index contributed by atoms with van der Waals surface area (Å²) in [5, 5.41) is 10.8. The molecule has 1 aromatic carbocycles. The van der Waals surface area contributed by atoms with Gasteiger partial charge in [-0.3, -0.25) is 4.79 Å². The summed E-state index contributed by atoms with van der Waals surface area (Å²) in [6.45, 7) is 4.49. The fourth-order valence-corrected chi connectivity index (χ4v) is 2.46. The van der Waals surface area contributed by atoms with Gasteiger partial charge in [0.25, 0.3) is 0 Å². The summed E-state index contributed by atoms with van der Waals surface area (Å²) in [4.78, 5) is 12.0. The number of anilines is 1. The molecule has 20 heavy (non-hydrogen) atoms. The Hall–Kier alpha value is -1.89. The van der Waals surface area contributed by atoms with Crippen LogP contribution in [0.25, 0.3) is 0 Å². The van der Waals surface area contributed by atoms with Crippen molar-refractivity contribution in [2.75, 3.05) is 5.32 Å². The second-order valence-electron chi connectivity index (χ2n) is 4.16. The number of amides is 1. The van der Waals surface area contributed by atoms with E-state index in [-0.39, 0.29) is 17.0 Å². The molecule has 0 fully saturated rings. The number of rotatable bonds is 5. The normalized spacial score (nSPS) is 12.2. The molecule has 0 unspecified atom stereocenters. The standard InChI is InChI=1S/C13H15FN4OS/c1-3-18-8-15-17-13(18)20-9(2)12(19)16-11-6-4-5-10(14)7-11/h4-9H,3H2,1-2H3,(H,16,19)/t9-/m0/s1. The zero-order valence-electron chi connectivity index (χ0n) is 11.2. The summed E-state index contributed by atoms with van der Waals surface area (Å²) in [5.41, 5.74) is 0.444. The Morgan fingerprint density at radius 2 is 2.35 bits per heavy atom. The molecule has 0 radical (unpaired) electrons. The van der Waals surface area contributed by atoms with Gasteiger partial charge in [0.05, 0.1) is 5.25 Å². The molecule has 106 valence electrons. The van der Waals surface area contributed by atoms with E-state index in [2.05, 4.69) is 15.5 Å². The molecular formula is C13H15FN4OS. The fraction of sp³-hybridized carbons (Fsp3) is 0.308. The van der Waals surface area contributed by atoms with Crippen LogP contribution in [0, 0.1) is 5.82 Å². The van der Waals surface area contributed by atoms with Gasteiger partial charge < -0.3 is 9.88 Å². The van der Waals surface area contributed by atoms with Gasteiger partial charge in [0, 0.05) is 12.2 Å². The van der Waals surface area contributed by atoms with E-state index >= 15 is 0 Å². The molecule has 0 bridgehead atoms. The van der Waals surface area contributed by atoms with Crippen LogP contribution in [0.3, 0.4) is 0 Å². The average molecular weight is 294 g/mol. The Morgan fingerprint density at radius 3 is 3.05 bits per heavy atom. The van der Waals surface area contributed by atoms with Crippen LogP contribution in [-0.2, 0) is 11.3 Å². The van der Waals surface area contributed by atoms with Crippen molar-refractivity contribution in [3.63, 3.8) is 0 Å². The number of nitrogens with one attached hydrogen (secondary N) is 1. The lowest BCUT2D eigenvalue weighted by Gasteiger charge is -2.11. The topological polar surface area (TPSA) is 59.8 Å². The second kappa shape index (κ2) is 6.51. The third-order valence-electron chi connectivity index (χ3n) is 2.66. The molecule has 1 atom stereocenters. The highest BCUT2D eigenvalue weighted by Crippen LogP contribution is 2.22. The quantitative estimate of drug-likeness (QED) is 0.861. The number of thioether (sulfide) groups is 1. The van der Waals surface area contributed by atoms with Crippen LogP contribution in [0.4, 0.5) is 10.1 Å². The van der Waals surface area contributed by atoms with Gasteiger partial charge in [-0.15, -0.1) is 10.2 Å². The third kappa shape index (κ3) is 3.57. The highest BCUT2D eigenvalue weighted by molar-refractivity contribution is 8.00. The largest absolute Gasteiger partial charge is 0.325 e. The highest BCUT2D eigenvalue weighted by atomic mass is 32.2. The SMILES string of the molecule is CCn1cnnc1S[C@@H](C)C(=O)Nc1cccc(F)c1. The van der Waals surface area contributed by atoms with Crippen LogP contribution in [0.1, 0.15) is 13.8 Å². The molecule has 0 spiro atoms. The summed E-state index contributed by atoms with van der Waals surface area (Å²) in [7, 11) is 0. The predicted molar refractivity (Wildman–Crippen MR) is 76.0 cm³/mol. The number of aromatic nitrogens is 3. The first-order valence-corrected chi connectivity index (χ1v) is 7.09. The minimum Gasteiger partial charge on any atom is -0.325 e. The molecule has 7 heteroatoms. The van der Waals surface area contributed by atoms with Gasteiger partial charge in [0.15, 0.2) is 5.16 Å². The Bertz CT molecular complexity index is 602. The molecule has 2 aromatic rings. The Morgan fingerprint density at radius 1 is 1.55 bits per heavy atom. The monoisotopic (exact) mass is 294 g/mol. The first-order chi connectivity index (χ1) is 9.60. The number of carbonyl (C=O) groups excluding carboxylic acids is 1. The first-order valence-electron chi connectivity index (χ1n) is 6.21. The zero-order chi connectivity index (χ0) is 14.5. The molecule has 2 rings (SSSR count). The smallest absolute Gasteiger partial charge is 0.237 e. The minimum atomic E-state index is -0.381. The first kappa shape index (κ1) is 14.5. The van der Waals surface area contributed by atoms with E-state index in [0.717, 1.165) is 6.54 Å². The summed E-state index contributed by atoms with van der Waals surface area (Å²) in [5.74, 6) is -0.583. The van der Waals surface area contributed by atoms with Crippen molar-refractivity contribution in [1.82, 2.24) is 14.8 Å². The molecule has 1 N–H and O–H groups in total.